The van der Waals surface area contributed by atoms with Crippen molar-refractivity contribution in [3.8, 4) is 5.75 Å². The number of benzene rings is 3. The minimum Gasteiger partial charge on any atom is -0.485 e. The third-order valence-corrected chi connectivity index (χ3v) is 6.37. The van der Waals surface area contributed by atoms with E-state index in [2.05, 4.69) is 23.0 Å². The van der Waals surface area contributed by atoms with Gasteiger partial charge in [-0.05, 0) is 30.7 Å². The van der Waals surface area contributed by atoms with Crippen LogP contribution in [-0.4, -0.2) is 53.4 Å². The predicted molar refractivity (Wildman–Crippen MR) is 137 cm³/mol. The number of nitrogens with zero attached hydrogens (tertiary/aromatic N) is 4. The summed E-state index contributed by atoms with van der Waals surface area (Å²) in [7, 11) is 1.76. The van der Waals surface area contributed by atoms with E-state index in [4.69, 9.17) is 4.74 Å². The van der Waals surface area contributed by atoms with Gasteiger partial charge in [-0.25, -0.2) is 4.68 Å². The Morgan fingerprint density at radius 2 is 1.69 bits per heavy atom. The number of hydrogen-bond donors (Lipinski definition) is 0. The molecular formula is C28H28N4O3. The number of rotatable bonds is 6. The molecule has 178 valence electrons. The fourth-order valence-electron chi connectivity index (χ4n) is 4.60. The molecule has 2 heterocycles. The Hall–Kier alpha value is -4.13. The lowest BCUT2D eigenvalue weighted by atomic mass is 10.1. The molecule has 5 rings (SSSR count). The van der Waals surface area contributed by atoms with Crippen molar-refractivity contribution in [2.45, 2.75) is 19.6 Å². The molecule has 1 atom stereocenters. The van der Waals surface area contributed by atoms with E-state index >= 15 is 0 Å². The van der Waals surface area contributed by atoms with Crippen LogP contribution in [0, 0.1) is 0 Å². The van der Waals surface area contributed by atoms with Gasteiger partial charge in [0, 0.05) is 19.0 Å². The average molecular weight is 469 g/mol. The lowest BCUT2D eigenvalue weighted by Gasteiger charge is -2.37. The van der Waals surface area contributed by atoms with E-state index in [0.29, 0.717) is 30.4 Å². The second-order valence-electron chi connectivity index (χ2n) is 8.77. The third-order valence-electron chi connectivity index (χ3n) is 6.37. The van der Waals surface area contributed by atoms with Crippen LogP contribution in [0.5, 0.6) is 5.75 Å². The van der Waals surface area contributed by atoms with E-state index in [-0.39, 0.29) is 23.3 Å². The number of para-hydroxylation sites is 2. The van der Waals surface area contributed by atoms with Gasteiger partial charge in [0.1, 0.15) is 11.9 Å². The summed E-state index contributed by atoms with van der Waals surface area (Å²) in [5, 5.41) is 5.58. The molecule has 1 amide bonds. The van der Waals surface area contributed by atoms with Gasteiger partial charge in [0.25, 0.3) is 11.5 Å². The number of carbonyl (C=O) groups is 1. The zero-order valence-corrected chi connectivity index (χ0v) is 19.9. The van der Waals surface area contributed by atoms with Crippen LogP contribution in [0.4, 0.5) is 5.69 Å². The maximum atomic E-state index is 13.6. The SMILES string of the molecule is CCN1CC(CN(C)C(=O)c2nn(Cc3ccccc3)c(=O)c3ccccc23)Oc2ccccc21. The molecule has 0 radical (unpaired) electrons. The number of ether oxygens (including phenoxy) is 1. The minimum atomic E-state index is -0.242. The molecule has 1 unspecified atom stereocenters. The largest absolute Gasteiger partial charge is 0.485 e. The summed E-state index contributed by atoms with van der Waals surface area (Å²) in [4.78, 5) is 30.7. The number of amides is 1. The molecule has 0 bridgehead atoms. The zero-order chi connectivity index (χ0) is 24.4. The summed E-state index contributed by atoms with van der Waals surface area (Å²) in [6.45, 7) is 4.35. The monoisotopic (exact) mass is 468 g/mol. The van der Waals surface area contributed by atoms with Gasteiger partial charge < -0.3 is 14.5 Å². The van der Waals surface area contributed by atoms with E-state index in [0.717, 1.165) is 23.5 Å². The van der Waals surface area contributed by atoms with Gasteiger partial charge in [-0.1, -0.05) is 60.7 Å². The Morgan fingerprint density at radius 3 is 2.46 bits per heavy atom. The number of anilines is 1. The van der Waals surface area contributed by atoms with E-state index < -0.39 is 0 Å². The molecule has 35 heavy (non-hydrogen) atoms. The van der Waals surface area contributed by atoms with Crippen molar-refractivity contribution >= 4 is 22.4 Å². The van der Waals surface area contributed by atoms with Crippen LogP contribution in [0.1, 0.15) is 23.0 Å². The van der Waals surface area contributed by atoms with Crippen molar-refractivity contribution in [3.63, 3.8) is 0 Å². The van der Waals surface area contributed by atoms with Gasteiger partial charge in [0.2, 0.25) is 0 Å². The summed E-state index contributed by atoms with van der Waals surface area (Å²) < 4.78 is 7.60. The first-order chi connectivity index (χ1) is 17.0. The first-order valence-corrected chi connectivity index (χ1v) is 11.8. The highest BCUT2D eigenvalue weighted by molar-refractivity contribution is 6.04. The Labute approximate surface area is 204 Å². The van der Waals surface area contributed by atoms with Crippen molar-refractivity contribution in [1.82, 2.24) is 14.7 Å². The van der Waals surface area contributed by atoms with E-state index in [1.54, 1.807) is 30.1 Å². The number of fused-ring (bicyclic) bond motifs is 2. The van der Waals surface area contributed by atoms with Crippen LogP contribution < -0.4 is 15.2 Å². The second kappa shape index (κ2) is 9.62. The number of likely N-dealkylation sites (N-methyl/N-ethyl adjacent to an activating group) is 2. The molecule has 1 aliphatic rings. The van der Waals surface area contributed by atoms with Crippen molar-refractivity contribution < 1.29 is 9.53 Å². The molecule has 1 aromatic heterocycles. The van der Waals surface area contributed by atoms with Gasteiger partial charge >= 0.3 is 0 Å². The normalized spacial score (nSPS) is 14.9. The fraction of sp³-hybridized carbons (Fsp3) is 0.250. The molecule has 0 saturated carbocycles. The van der Waals surface area contributed by atoms with Gasteiger partial charge in [0.15, 0.2) is 5.69 Å². The molecule has 0 aliphatic carbocycles. The Balaban J connectivity index is 1.44. The van der Waals surface area contributed by atoms with Crippen LogP contribution >= 0.6 is 0 Å². The summed E-state index contributed by atoms with van der Waals surface area (Å²) in [5.74, 6) is 0.583. The highest BCUT2D eigenvalue weighted by Crippen LogP contribution is 2.33. The minimum absolute atomic E-state index is 0.180. The molecule has 4 aromatic rings. The van der Waals surface area contributed by atoms with Crippen LogP contribution in [-0.2, 0) is 6.54 Å². The molecule has 7 nitrogen and oxygen atoms in total. The second-order valence-corrected chi connectivity index (χ2v) is 8.77. The molecule has 0 fully saturated rings. The summed E-state index contributed by atoms with van der Waals surface area (Å²) in [5.41, 5.74) is 2.07. The van der Waals surface area contributed by atoms with E-state index in [1.807, 2.05) is 54.6 Å². The maximum Gasteiger partial charge on any atom is 0.274 e. The van der Waals surface area contributed by atoms with E-state index in [1.165, 1.54) is 4.68 Å². The number of aromatic nitrogens is 2. The molecule has 0 N–H and O–H groups in total. The summed E-state index contributed by atoms with van der Waals surface area (Å²) in [6.07, 6.45) is -0.180. The van der Waals surface area contributed by atoms with Crippen molar-refractivity contribution in [2.24, 2.45) is 0 Å². The average Bonchev–Trinajstić information content (AvgIpc) is 2.90. The summed E-state index contributed by atoms with van der Waals surface area (Å²) >= 11 is 0. The van der Waals surface area contributed by atoms with Gasteiger partial charge in [0.05, 0.1) is 30.7 Å². The van der Waals surface area contributed by atoms with Crippen LogP contribution in [0.3, 0.4) is 0 Å². The zero-order valence-electron chi connectivity index (χ0n) is 19.9. The van der Waals surface area contributed by atoms with E-state index in [9.17, 15) is 9.59 Å². The number of carbonyl (C=O) groups excluding carboxylic acids is 1. The van der Waals surface area contributed by atoms with Gasteiger partial charge in [-0.15, -0.1) is 0 Å². The maximum absolute atomic E-state index is 13.6. The predicted octanol–water partition coefficient (Wildman–Crippen LogP) is 3.80. The van der Waals surface area contributed by atoms with Gasteiger partial charge in [-0.3, -0.25) is 9.59 Å². The Morgan fingerprint density at radius 1 is 1.00 bits per heavy atom. The Bertz CT molecular complexity index is 1420. The molecule has 0 saturated heterocycles. The first-order valence-electron chi connectivity index (χ1n) is 11.8. The Kier molecular flexibility index (Phi) is 6.23. The lowest BCUT2D eigenvalue weighted by molar-refractivity contribution is 0.0703. The van der Waals surface area contributed by atoms with Crippen LogP contribution in [0.15, 0.2) is 83.7 Å². The van der Waals surface area contributed by atoms with Crippen molar-refractivity contribution in [2.75, 3.05) is 31.6 Å². The molecule has 7 heteroatoms. The first kappa shape index (κ1) is 22.7. The standard InChI is InChI=1S/C28H28N4O3/c1-3-31-19-21(35-25-16-10-9-15-24(25)31)18-30(2)28(34)26-22-13-7-8-14-23(22)27(33)32(29-26)17-20-11-5-4-6-12-20/h4-16,21H,3,17-19H2,1-2H3. The lowest BCUT2D eigenvalue weighted by Crippen LogP contribution is -2.47. The third kappa shape index (κ3) is 4.49. The van der Waals surface area contributed by atoms with Crippen LogP contribution in [0.2, 0.25) is 0 Å². The van der Waals surface area contributed by atoms with Crippen molar-refractivity contribution in [3.05, 3.63) is 100 Å². The highest BCUT2D eigenvalue weighted by atomic mass is 16.5. The quantitative estimate of drug-likeness (QED) is 0.431. The van der Waals surface area contributed by atoms with Crippen molar-refractivity contribution in [1.29, 1.82) is 0 Å². The topological polar surface area (TPSA) is 67.7 Å². The van der Waals surface area contributed by atoms with Crippen LogP contribution in [0.25, 0.3) is 10.8 Å². The molecule has 3 aromatic carbocycles. The smallest absolute Gasteiger partial charge is 0.274 e. The molecule has 1 aliphatic heterocycles. The molecule has 0 spiro atoms. The van der Waals surface area contributed by atoms with Gasteiger partial charge in [-0.2, -0.15) is 5.10 Å². The highest BCUT2D eigenvalue weighted by Gasteiger charge is 2.28. The fourth-order valence-corrected chi connectivity index (χ4v) is 4.60. The molecular weight excluding hydrogens is 440 g/mol. The number of hydrogen-bond acceptors (Lipinski definition) is 5. The summed E-state index contributed by atoms with van der Waals surface area (Å²) in [6, 6.07) is 24.8.